The number of allylic oxidation sites excluding steroid dienone is 2. The van der Waals surface area contributed by atoms with Crippen molar-refractivity contribution in [2.75, 3.05) is 0 Å². The van der Waals surface area contributed by atoms with Crippen LogP contribution in [0.4, 0.5) is 0 Å². The molecule has 12 heavy (non-hydrogen) atoms. The molecule has 0 radical (unpaired) electrons. The van der Waals surface area contributed by atoms with Crippen molar-refractivity contribution in [2.45, 2.75) is 13.8 Å². The first-order valence-electron chi connectivity index (χ1n) is 3.53. The van der Waals surface area contributed by atoms with Gasteiger partial charge in [-0.3, -0.25) is 0 Å². The fourth-order valence-corrected chi connectivity index (χ4v) is 5.52. The van der Waals surface area contributed by atoms with Gasteiger partial charge in [0.1, 0.15) is 0 Å². The molecule has 2 heterocycles. The number of hydrogen-bond acceptors (Lipinski definition) is 4. The molecule has 0 unspecified atom stereocenters. The quantitative estimate of drug-likeness (QED) is 0.588. The predicted octanol–water partition coefficient (Wildman–Crippen LogP) is 4.80. The first kappa shape index (κ1) is 9.19. The third-order valence-electron chi connectivity index (χ3n) is 1.56. The van der Waals surface area contributed by atoms with E-state index in [-0.39, 0.29) is 0 Å². The van der Waals surface area contributed by atoms with Gasteiger partial charge >= 0.3 is 0 Å². The molecule has 4 heteroatoms. The van der Waals surface area contributed by atoms with Gasteiger partial charge in [0.05, 0.1) is 8.47 Å². The molecule has 0 fully saturated rings. The molecule has 64 valence electrons. The van der Waals surface area contributed by atoms with Crippen LogP contribution in [-0.4, -0.2) is 0 Å². The maximum Gasteiger partial charge on any atom is 0.0699 e. The fraction of sp³-hybridized carbons (Fsp3) is 0.250. The summed E-state index contributed by atoms with van der Waals surface area (Å²) in [5.74, 6) is 0. The van der Waals surface area contributed by atoms with Crippen molar-refractivity contribution < 1.29 is 0 Å². The van der Waals surface area contributed by atoms with E-state index in [1.807, 2.05) is 47.0 Å². The molecule has 0 spiro atoms. The van der Waals surface area contributed by atoms with E-state index in [0.29, 0.717) is 0 Å². The van der Waals surface area contributed by atoms with Crippen molar-refractivity contribution in [1.29, 1.82) is 0 Å². The first-order chi connectivity index (χ1) is 5.77. The Morgan fingerprint density at radius 3 is 1.83 bits per heavy atom. The lowest BCUT2D eigenvalue weighted by atomic mass is 10.6. The van der Waals surface area contributed by atoms with E-state index in [4.69, 9.17) is 0 Å². The van der Waals surface area contributed by atoms with Crippen LogP contribution in [0.1, 0.15) is 13.8 Å². The molecule has 0 aromatic carbocycles. The number of hydrogen-bond donors (Lipinski definition) is 0. The maximum absolute atomic E-state index is 2.19. The highest BCUT2D eigenvalue weighted by Crippen LogP contribution is 2.55. The molecule has 0 nitrogen and oxygen atoms in total. The molecule has 0 aliphatic carbocycles. The zero-order valence-electron chi connectivity index (χ0n) is 6.79. The van der Waals surface area contributed by atoms with Crippen molar-refractivity contribution in [1.82, 2.24) is 0 Å². The van der Waals surface area contributed by atoms with E-state index in [9.17, 15) is 0 Å². The molecule has 2 rings (SSSR count). The average Bonchev–Trinajstić information content (AvgIpc) is 2.61. The summed E-state index contributed by atoms with van der Waals surface area (Å²) >= 11 is 7.50. The Bertz CT molecular complexity index is 272. The van der Waals surface area contributed by atoms with Gasteiger partial charge in [-0.1, -0.05) is 47.0 Å². The Balaban J connectivity index is 2.16. The van der Waals surface area contributed by atoms with Gasteiger partial charge < -0.3 is 0 Å². The maximum atomic E-state index is 2.19. The third kappa shape index (κ3) is 1.76. The summed E-state index contributed by atoms with van der Waals surface area (Å²) in [6, 6.07) is 0. The predicted molar refractivity (Wildman–Crippen MR) is 64.9 cm³/mol. The lowest BCUT2D eigenvalue weighted by Gasteiger charge is -1.99. The minimum atomic E-state index is 1.45. The highest BCUT2D eigenvalue weighted by atomic mass is 32.2. The van der Waals surface area contributed by atoms with Crippen molar-refractivity contribution in [3.8, 4) is 0 Å². The van der Waals surface area contributed by atoms with Gasteiger partial charge in [0, 0.05) is 0 Å². The molecule has 0 atom stereocenters. The minimum absolute atomic E-state index is 1.45. The number of thioether (sulfide) groups is 4. The van der Waals surface area contributed by atoms with Gasteiger partial charge in [0.25, 0.3) is 0 Å². The Hall–Kier alpha value is 0.620. The Labute approximate surface area is 89.7 Å². The highest BCUT2D eigenvalue weighted by molar-refractivity contribution is 8.33. The summed E-state index contributed by atoms with van der Waals surface area (Å²) in [7, 11) is 0. The summed E-state index contributed by atoms with van der Waals surface area (Å²) in [6.07, 6.45) is 0. The molecule has 0 aromatic heterocycles. The van der Waals surface area contributed by atoms with Gasteiger partial charge in [0.15, 0.2) is 0 Å². The van der Waals surface area contributed by atoms with Crippen molar-refractivity contribution in [2.24, 2.45) is 0 Å². The van der Waals surface area contributed by atoms with Gasteiger partial charge in [-0.25, -0.2) is 0 Å². The Morgan fingerprint density at radius 2 is 1.33 bits per heavy atom. The SMILES string of the molecule is CC1=C(C)SC(=C2SC=CS2)S1. The van der Waals surface area contributed by atoms with Gasteiger partial charge in [0.2, 0.25) is 0 Å². The molecule has 2 aliphatic rings. The zero-order chi connectivity index (χ0) is 8.55. The van der Waals surface area contributed by atoms with Crippen LogP contribution in [0.5, 0.6) is 0 Å². The van der Waals surface area contributed by atoms with Crippen molar-refractivity contribution in [3.63, 3.8) is 0 Å². The lowest BCUT2D eigenvalue weighted by molar-refractivity contribution is 1.57. The highest BCUT2D eigenvalue weighted by Gasteiger charge is 2.19. The van der Waals surface area contributed by atoms with Crippen molar-refractivity contribution >= 4 is 47.0 Å². The monoisotopic (exact) mass is 232 g/mol. The summed E-state index contributed by atoms with van der Waals surface area (Å²) in [4.78, 5) is 2.91. The minimum Gasteiger partial charge on any atom is -0.0884 e. The third-order valence-corrected chi connectivity index (χ3v) is 6.84. The Kier molecular flexibility index (Phi) is 2.89. The van der Waals surface area contributed by atoms with Crippen LogP contribution < -0.4 is 0 Å². The van der Waals surface area contributed by atoms with Crippen LogP contribution in [-0.2, 0) is 0 Å². The van der Waals surface area contributed by atoms with Crippen LogP contribution in [0, 0.1) is 0 Å². The molecule has 0 bridgehead atoms. The fourth-order valence-electron chi connectivity index (χ4n) is 0.829. The molecule has 0 saturated carbocycles. The molecule has 0 N–H and O–H groups in total. The van der Waals surface area contributed by atoms with E-state index in [0.717, 1.165) is 0 Å². The summed E-state index contributed by atoms with van der Waals surface area (Å²) in [5, 5.41) is 4.30. The van der Waals surface area contributed by atoms with Crippen molar-refractivity contribution in [3.05, 3.63) is 29.1 Å². The Morgan fingerprint density at radius 1 is 0.833 bits per heavy atom. The van der Waals surface area contributed by atoms with Crippen LogP contribution in [0.2, 0.25) is 0 Å². The van der Waals surface area contributed by atoms with Crippen LogP contribution in [0.3, 0.4) is 0 Å². The topological polar surface area (TPSA) is 0 Å². The molecule has 0 saturated heterocycles. The second kappa shape index (κ2) is 3.78. The van der Waals surface area contributed by atoms with E-state index >= 15 is 0 Å². The molecular formula is C8H8S4. The average molecular weight is 232 g/mol. The van der Waals surface area contributed by atoms with E-state index in [1.54, 1.807) is 0 Å². The molecule has 2 aliphatic heterocycles. The van der Waals surface area contributed by atoms with Gasteiger partial charge in [-0.2, -0.15) is 0 Å². The van der Waals surface area contributed by atoms with E-state index < -0.39 is 0 Å². The van der Waals surface area contributed by atoms with Crippen LogP contribution in [0.15, 0.2) is 29.1 Å². The summed E-state index contributed by atoms with van der Waals surface area (Å²) < 4.78 is 2.91. The van der Waals surface area contributed by atoms with Crippen LogP contribution in [0.25, 0.3) is 0 Å². The lowest BCUT2D eigenvalue weighted by Crippen LogP contribution is -1.64. The largest absolute Gasteiger partial charge is 0.0884 e. The van der Waals surface area contributed by atoms with Gasteiger partial charge in [-0.15, -0.1) is 0 Å². The van der Waals surface area contributed by atoms with Crippen LogP contribution >= 0.6 is 47.0 Å². The van der Waals surface area contributed by atoms with E-state index in [1.165, 1.54) is 18.3 Å². The first-order valence-corrected chi connectivity index (χ1v) is 6.92. The van der Waals surface area contributed by atoms with E-state index in [2.05, 4.69) is 24.7 Å². The molecule has 0 amide bonds. The second-order valence-corrected chi connectivity index (χ2v) is 7.20. The summed E-state index contributed by atoms with van der Waals surface area (Å²) in [5.41, 5.74) is 0. The standard InChI is InChI=1S/C8H8S4/c1-5-6(2)12-8(11-5)7-9-3-4-10-7/h3-4H,1-2H3. The smallest absolute Gasteiger partial charge is 0.0699 e. The molecular weight excluding hydrogens is 224 g/mol. The molecule has 0 aromatic rings. The number of rotatable bonds is 0. The normalized spacial score (nSPS) is 23.2. The van der Waals surface area contributed by atoms with Gasteiger partial charge in [-0.05, 0) is 34.5 Å². The zero-order valence-corrected chi connectivity index (χ0v) is 10.1. The second-order valence-electron chi connectivity index (χ2n) is 2.40. The summed E-state index contributed by atoms with van der Waals surface area (Å²) in [6.45, 7) is 4.39.